The van der Waals surface area contributed by atoms with E-state index in [0.717, 1.165) is 0 Å². The predicted octanol–water partition coefficient (Wildman–Crippen LogP) is 0.575. The summed E-state index contributed by atoms with van der Waals surface area (Å²) in [6, 6.07) is 4.99. The summed E-state index contributed by atoms with van der Waals surface area (Å²) in [4.78, 5) is 11.2. The molecule has 0 atom stereocenters. The summed E-state index contributed by atoms with van der Waals surface area (Å²) in [5.41, 5.74) is 0.957. The van der Waals surface area contributed by atoms with Crippen LogP contribution in [0, 0.1) is 6.92 Å². The van der Waals surface area contributed by atoms with E-state index in [-0.39, 0.29) is 11.4 Å². The van der Waals surface area contributed by atoms with E-state index in [1.165, 1.54) is 10.9 Å². The lowest BCUT2D eigenvalue weighted by Crippen LogP contribution is -2.14. The highest BCUT2D eigenvalue weighted by molar-refractivity contribution is 5.47. The fraction of sp³-hybridized carbons (Fsp3) is 0.111. The smallest absolute Gasteiger partial charge is 0.347 e. The van der Waals surface area contributed by atoms with Gasteiger partial charge in [-0.3, -0.25) is 0 Å². The SMILES string of the molecule is Cc1c(O)cccc1-n1cn[nH]c1=O. The molecule has 2 aromatic rings. The molecule has 5 heteroatoms. The van der Waals surface area contributed by atoms with E-state index in [9.17, 15) is 9.90 Å². The van der Waals surface area contributed by atoms with Gasteiger partial charge in [-0.1, -0.05) is 6.07 Å². The number of rotatable bonds is 1. The first-order chi connectivity index (χ1) is 6.70. The minimum absolute atomic E-state index is 0.163. The number of hydrogen-bond donors (Lipinski definition) is 2. The van der Waals surface area contributed by atoms with Gasteiger partial charge in [0.15, 0.2) is 0 Å². The van der Waals surface area contributed by atoms with Crippen molar-refractivity contribution in [1.82, 2.24) is 14.8 Å². The van der Waals surface area contributed by atoms with Gasteiger partial charge in [-0.25, -0.2) is 14.5 Å². The Labute approximate surface area is 79.6 Å². The lowest BCUT2D eigenvalue weighted by atomic mass is 10.2. The maximum atomic E-state index is 11.2. The third-order valence-electron chi connectivity index (χ3n) is 2.09. The molecule has 1 heterocycles. The Kier molecular flexibility index (Phi) is 1.85. The van der Waals surface area contributed by atoms with Crippen LogP contribution in [0.25, 0.3) is 5.69 Å². The molecule has 0 unspecified atom stereocenters. The standard InChI is InChI=1S/C9H9N3O2/c1-6-7(3-2-4-8(6)13)12-5-10-11-9(12)14/h2-5,13H,1H3,(H,11,14). The highest BCUT2D eigenvalue weighted by Gasteiger charge is 2.06. The van der Waals surface area contributed by atoms with E-state index in [1.807, 2.05) is 0 Å². The number of nitrogens with zero attached hydrogens (tertiary/aromatic N) is 2. The molecule has 0 bridgehead atoms. The van der Waals surface area contributed by atoms with Crippen LogP contribution in [0.1, 0.15) is 5.56 Å². The van der Waals surface area contributed by atoms with Crippen molar-refractivity contribution in [3.05, 3.63) is 40.6 Å². The lowest BCUT2D eigenvalue weighted by Gasteiger charge is -2.05. The van der Waals surface area contributed by atoms with Crippen molar-refractivity contribution in [2.24, 2.45) is 0 Å². The Balaban J connectivity index is 2.69. The summed E-state index contributed by atoms with van der Waals surface area (Å²) in [7, 11) is 0. The van der Waals surface area contributed by atoms with Gasteiger partial charge in [0.05, 0.1) is 5.69 Å². The van der Waals surface area contributed by atoms with Gasteiger partial charge in [0.1, 0.15) is 12.1 Å². The molecule has 0 saturated carbocycles. The van der Waals surface area contributed by atoms with Crippen LogP contribution >= 0.6 is 0 Å². The summed E-state index contributed by atoms with van der Waals surface area (Å²) in [6.07, 6.45) is 1.38. The summed E-state index contributed by atoms with van der Waals surface area (Å²) >= 11 is 0. The molecule has 0 aliphatic carbocycles. The van der Waals surface area contributed by atoms with E-state index in [4.69, 9.17) is 0 Å². The van der Waals surface area contributed by atoms with Gasteiger partial charge in [0.25, 0.3) is 0 Å². The van der Waals surface area contributed by atoms with Gasteiger partial charge in [-0.15, -0.1) is 0 Å². The first-order valence-corrected chi connectivity index (χ1v) is 4.11. The van der Waals surface area contributed by atoms with Crippen LogP contribution in [0.3, 0.4) is 0 Å². The highest BCUT2D eigenvalue weighted by Crippen LogP contribution is 2.21. The van der Waals surface area contributed by atoms with Gasteiger partial charge < -0.3 is 5.11 Å². The third-order valence-corrected chi connectivity index (χ3v) is 2.09. The zero-order valence-electron chi connectivity index (χ0n) is 7.56. The van der Waals surface area contributed by atoms with E-state index in [1.54, 1.807) is 25.1 Å². The van der Waals surface area contributed by atoms with Crippen LogP contribution in [0.15, 0.2) is 29.3 Å². The van der Waals surface area contributed by atoms with Crippen molar-refractivity contribution >= 4 is 0 Å². The molecular formula is C9H9N3O2. The number of aromatic hydroxyl groups is 1. The number of hydrogen-bond acceptors (Lipinski definition) is 3. The molecule has 0 spiro atoms. The fourth-order valence-electron chi connectivity index (χ4n) is 1.29. The molecule has 1 aromatic carbocycles. The van der Waals surface area contributed by atoms with Crippen molar-refractivity contribution in [3.63, 3.8) is 0 Å². The summed E-state index contributed by atoms with van der Waals surface area (Å²) in [5.74, 6) is 0.163. The predicted molar refractivity (Wildman–Crippen MR) is 50.6 cm³/mol. The first-order valence-electron chi connectivity index (χ1n) is 4.11. The molecule has 1 aromatic heterocycles. The molecule has 0 aliphatic rings. The molecule has 0 amide bonds. The minimum atomic E-state index is -0.321. The summed E-state index contributed by atoms with van der Waals surface area (Å²) < 4.78 is 1.34. The second kappa shape index (κ2) is 3.02. The maximum absolute atomic E-state index is 11.2. The Morgan fingerprint density at radius 1 is 1.50 bits per heavy atom. The molecule has 0 radical (unpaired) electrons. The van der Waals surface area contributed by atoms with Crippen molar-refractivity contribution in [1.29, 1.82) is 0 Å². The van der Waals surface area contributed by atoms with Crippen molar-refractivity contribution < 1.29 is 5.11 Å². The number of benzene rings is 1. The zero-order valence-corrected chi connectivity index (χ0v) is 7.56. The lowest BCUT2D eigenvalue weighted by molar-refractivity contribution is 0.470. The van der Waals surface area contributed by atoms with Crippen molar-refractivity contribution in [2.75, 3.05) is 0 Å². The van der Waals surface area contributed by atoms with Crippen molar-refractivity contribution in [3.8, 4) is 11.4 Å². The molecular weight excluding hydrogens is 182 g/mol. The Morgan fingerprint density at radius 2 is 2.29 bits per heavy atom. The number of phenolic OH excluding ortho intramolecular Hbond substituents is 1. The molecule has 0 fully saturated rings. The van der Waals surface area contributed by atoms with E-state index in [0.29, 0.717) is 11.3 Å². The first kappa shape index (κ1) is 8.55. The average Bonchev–Trinajstić information content (AvgIpc) is 2.57. The van der Waals surface area contributed by atoms with Gasteiger partial charge >= 0.3 is 5.69 Å². The average molecular weight is 191 g/mol. The van der Waals surface area contributed by atoms with Crippen LogP contribution in [-0.2, 0) is 0 Å². The summed E-state index contributed by atoms with van der Waals surface area (Å²) in [5, 5.41) is 15.3. The molecule has 2 N–H and O–H groups in total. The zero-order chi connectivity index (χ0) is 10.1. The summed E-state index contributed by atoms with van der Waals surface area (Å²) in [6.45, 7) is 1.74. The van der Waals surface area contributed by atoms with E-state index < -0.39 is 0 Å². The van der Waals surface area contributed by atoms with Gasteiger partial charge in [-0.05, 0) is 19.1 Å². The second-order valence-corrected chi connectivity index (χ2v) is 2.95. The molecule has 0 aliphatic heterocycles. The van der Waals surface area contributed by atoms with Crippen LogP contribution in [0.4, 0.5) is 0 Å². The molecule has 0 saturated heterocycles. The molecule has 2 rings (SSSR count). The normalized spacial score (nSPS) is 10.4. The van der Waals surface area contributed by atoms with Crippen LogP contribution in [0.5, 0.6) is 5.75 Å². The second-order valence-electron chi connectivity index (χ2n) is 2.95. The van der Waals surface area contributed by atoms with Crippen LogP contribution in [-0.4, -0.2) is 19.9 Å². The Hall–Kier alpha value is -2.04. The van der Waals surface area contributed by atoms with Gasteiger partial charge in [0.2, 0.25) is 0 Å². The van der Waals surface area contributed by atoms with E-state index in [2.05, 4.69) is 10.2 Å². The largest absolute Gasteiger partial charge is 0.508 e. The Morgan fingerprint density at radius 3 is 2.93 bits per heavy atom. The number of aromatic nitrogens is 3. The van der Waals surface area contributed by atoms with Crippen molar-refractivity contribution in [2.45, 2.75) is 6.92 Å². The maximum Gasteiger partial charge on any atom is 0.347 e. The third kappa shape index (κ3) is 1.19. The molecule has 72 valence electrons. The molecule has 5 nitrogen and oxygen atoms in total. The van der Waals surface area contributed by atoms with Crippen LogP contribution < -0.4 is 5.69 Å². The fourth-order valence-corrected chi connectivity index (χ4v) is 1.29. The number of nitrogens with one attached hydrogen (secondary N) is 1. The van der Waals surface area contributed by atoms with E-state index >= 15 is 0 Å². The monoisotopic (exact) mass is 191 g/mol. The topological polar surface area (TPSA) is 70.9 Å². The van der Waals surface area contributed by atoms with Crippen LogP contribution in [0.2, 0.25) is 0 Å². The minimum Gasteiger partial charge on any atom is -0.508 e. The van der Waals surface area contributed by atoms with Gasteiger partial charge in [-0.2, -0.15) is 5.10 Å². The molecule has 14 heavy (non-hydrogen) atoms. The number of H-pyrrole nitrogens is 1. The Bertz CT molecular complexity index is 513. The quantitative estimate of drug-likeness (QED) is 0.692. The van der Waals surface area contributed by atoms with Gasteiger partial charge in [0, 0.05) is 5.56 Å². The number of aromatic amines is 1. The highest BCUT2D eigenvalue weighted by atomic mass is 16.3. The number of phenols is 1.